The van der Waals surface area contributed by atoms with Gasteiger partial charge < -0.3 is 10.1 Å². The molecule has 8 heteroatoms. The molecule has 2 heterocycles. The quantitative estimate of drug-likeness (QED) is 0.728. The van der Waals surface area contributed by atoms with Crippen LogP contribution in [0.15, 0.2) is 42.5 Å². The van der Waals surface area contributed by atoms with Crippen LogP contribution in [0.3, 0.4) is 0 Å². The smallest absolute Gasteiger partial charge is 0.406 e. The highest BCUT2D eigenvalue weighted by molar-refractivity contribution is 5.68. The third-order valence-electron chi connectivity index (χ3n) is 3.87. The van der Waals surface area contributed by atoms with Gasteiger partial charge in [-0.05, 0) is 50.2 Å². The van der Waals surface area contributed by atoms with Gasteiger partial charge in [0.25, 0.3) is 0 Å². The van der Waals surface area contributed by atoms with E-state index in [1.54, 1.807) is 10.7 Å². The van der Waals surface area contributed by atoms with E-state index >= 15 is 0 Å². The maximum absolute atomic E-state index is 12.2. The maximum Gasteiger partial charge on any atom is 0.573 e. The second-order valence-electron chi connectivity index (χ2n) is 5.77. The van der Waals surface area contributed by atoms with E-state index in [1.807, 2.05) is 33.0 Å². The van der Waals surface area contributed by atoms with E-state index in [1.165, 1.54) is 24.3 Å². The molecular formula is C18H17F3N4O. The number of hydrogen-bond donors (Lipinski definition) is 1. The van der Waals surface area contributed by atoms with Crippen molar-refractivity contribution in [3.8, 4) is 17.0 Å². The summed E-state index contributed by atoms with van der Waals surface area (Å²) in [5.74, 6) is 0.306. The molecule has 136 valence electrons. The Morgan fingerprint density at radius 1 is 1.04 bits per heavy atom. The maximum atomic E-state index is 12.2. The summed E-state index contributed by atoms with van der Waals surface area (Å²) >= 11 is 0. The minimum absolute atomic E-state index is 0.272. The van der Waals surface area contributed by atoms with Crippen molar-refractivity contribution in [2.75, 3.05) is 5.32 Å². The lowest BCUT2D eigenvalue weighted by atomic mass is 10.1. The third kappa shape index (κ3) is 3.96. The van der Waals surface area contributed by atoms with Gasteiger partial charge in [-0.25, -0.2) is 4.98 Å². The summed E-state index contributed by atoms with van der Waals surface area (Å²) in [5, 5.41) is 7.46. The van der Waals surface area contributed by atoms with Gasteiger partial charge in [0, 0.05) is 24.0 Å². The fraction of sp³-hybridized carbons (Fsp3) is 0.222. The molecule has 0 unspecified atom stereocenters. The Morgan fingerprint density at radius 2 is 1.73 bits per heavy atom. The fourth-order valence-electron chi connectivity index (χ4n) is 2.68. The Kier molecular flexibility index (Phi) is 4.58. The summed E-state index contributed by atoms with van der Waals surface area (Å²) in [6.07, 6.45) is -4.70. The summed E-state index contributed by atoms with van der Waals surface area (Å²) in [4.78, 5) is 4.58. The van der Waals surface area contributed by atoms with E-state index in [0.29, 0.717) is 11.5 Å². The van der Waals surface area contributed by atoms with Crippen LogP contribution in [0.25, 0.3) is 11.3 Å². The predicted molar refractivity (Wildman–Crippen MR) is 92.3 cm³/mol. The van der Waals surface area contributed by atoms with Gasteiger partial charge in [0.05, 0.1) is 11.4 Å². The SMILES string of the molecule is Cc1nn(C)c(C)c1-c1cccc(Nc2ccc(OC(F)(F)F)cc2)n1. The second kappa shape index (κ2) is 6.70. The number of aryl methyl sites for hydroxylation is 2. The summed E-state index contributed by atoms with van der Waals surface area (Å²) in [5.41, 5.74) is 4.22. The highest BCUT2D eigenvalue weighted by Crippen LogP contribution is 2.28. The van der Waals surface area contributed by atoms with Gasteiger partial charge in [-0.15, -0.1) is 13.2 Å². The van der Waals surface area contributed by atoms with Crippen molar-refractivity contribution < 1.29 is 17.9 Å². The molecule has 0 spiro atoms. The van der Waals surface area contributed by atoms with Crippen molar-refractivity contribution in [2.45, 2.75) is 20.2 Å². The molecule has 0 aliphatic carbocycles. The van der Waals surface area contributed by atoms with Gasteiger partial charge in [-0.1, -0.05) is 6.07 Å². The summed E-state index contributed by atoms with van der Waals surface area (Å²) in [6.45, 7) is 3.89. The van der Waals surface area contributed by atoms with Gasteiger partial charge in [-0.3, -0.25) is 4.68 Å². The van der Waals surface area contributed by atoms with Crippen molar-refractivity contribution in [3.05, 3.63) is 53.9 Å². The zero-order valence-corrected chi connectivity index (χ0v) is 14.4. The van der Waals surface area contributed by atoms with E-state index in [-0.39, 0.29) is 5.75 Å². The standard InChI is InChI=1S/C18H17F3N4O/c1-11-17(12(2)25(3)24-11)15-5-4-6-16(23-15)22-13-7-9-14(10-8-13)26-18(19,20)21/h4-10H,1-3H3,(H,22,23). The summed E-state index contributed by atoms with van der Waals surface area (Å²) < 4.78 is 42.3. The zero-order valence-electron chi connectivity index (χ0n) is 14.4. The number of halogens is 3. The molecule has 26 heavy (non-hydrogen) atoms. The molecule has 0 saturated carbocycles. The van der Waals surface area contributed by atoms with E-state index in [2.05, 4.69) is 20.1 Å². The van der Waals surface area contributed by atoms with Crippen molar-refractivity contribution in [3.63, 3.8) is 0 Å². The molecule has 5 nitrogen and oxygen atoms in total. The highest BCUT2D eigenvalue weighted by Gasteiger charge is 2.30. The molecule has 0 aliphatic heterocycles. The first-order valence-corrected chi connectivity index (χ1v) is 7.83. The van der Waals surface area contributed by atoms with E-state index < -0.39 is 6.36 Å². The first kappa shape index (κ1) is 17.8. The lowest BCUT2D eigenvalue weighted by molar-refractivity contribution is -0.274. The van der Waals surface area contributed by atoms with Crippen LogP contribution in [0.4, 0.5) is 24.7 Å². The number of pyridine rings is 1. The third-order valence-corrected chi connectivity index (χ3v) is 3.87. The number of aromatic nitrogens is 3. The first-order valence-electron chi connectivity index (χ1n) is 7.83. The van der Waals surface area contributed by atoms with Gasteiger partial charge in [-0.2, -0.15) is 5.10 Å². The number of benzene rings is 1. The van der Waals surface area contributed by atoms with Crippen LogP contribution in [-0.4, -0.2) is 21.1 Å². The molecule has 0 atom stereocenters. The van der Waals surface area contributed by atoms with Crippen LogP contribution in [0.1, 0.15) is 11.4 Å². The minimum atomic E-state index is -4.70. The van der Waals surface area contributed by atoms with Crippen LogP contribution < -0.4 is 10.1 Å². The number of hydrogen-bond acceptors (Lipinski definition) is 4. The molecule has 1 aromatic carbocycles. The van der Waals surface area contributed by atoms with Crippen LogP contribution in [0.2, 0.25) is 0 Å². The molecule has 3 aromatic rings. The predicted octanol–water partition coefficient (Wildman–Crippen LogP) is 4.74. The van der Waals surface area contributed by atoms with Crippen LogP contribution in [0, 0.1) is 13.8 Å². The number of ether oxygens (including phenoxy) is 1. The van der Waals surface area contributed by atoms with E-state index in [9.17, 15) is 13.2 Å². The molecule has 1 N–H and O–H groups in total. The van der Waals surface area contributed by atoms with Crippen molar-refractivity contribution in [1.82, 2.24) is 14.8 Å². The minimum Gasteiger partial charge on any atom is -0.406 e. The Labute approximate surface area is 148 Å². The van der Waals surface area contributed by atoms with Crippen LogP contribution in [-0.2, 0) is 7.05 Å². The van der Waals surface area contributed by atoms with Crippen molar-refractivity contribution in [2.24, 2.45) is 7.05 Å². The average molecular weight is 362 g/mol. The fourth-order valence-corrected chi connectivity index (χ4v) is 2.68. The lowest BCUT2D eigenvalue weighted by Crippen LogP contribution is -2.16. The lowest BCUT2D eigenvalue weighted by Gasteiger charge is -2.11. The second-order valence-corrected chi connectivity index (χ2v) is 5.77. The van der Waals surface area contributed by atoms with E-state index in [4.69, 9.17) is 0 Å². The van der Waals surface area contributed by atoms with Crippen LogP contribution in [0.5, 0.6) is 5.75 Å². The van der Waals surface area contributed by atoms with Gasteiger partial charge in [0.15, 0.2) is 0 Å². The van der Waals surface area contributed by atoms with Gasteiger partial charge >= 0.3 is 6.36 Å². The Bertz CT molecular complexity index is 917. The zero-order chi connectivity index (χ0) is 18.9. The molecule has 0 saturated heterocycles. The molecule has 0 fully saturated rings. The number of nitrogens with one attached hydrogen (secondary N) is 1. The van der Waals surface area contributed by atoms with Crippen molar-refractivity contribution >= 4 is 11.5 Å². The molecule has 0 aliphatic rings. The molecule has 0 bridgehead atoms. The summed E-state index contributed by atoms with van der Waals surface area (Å²) in [6, 6.07) is 11.0. The first-order chi connectivity index (χ1) is 12.2. The van der Waals surface area contributed by atoms with Gasteiger partial charge in [0.2, 0.25) is 0 Å². The highest BCUT2D eigenvalue weighted by atomic mass is 19.4. The van der Waals surface area contributed by atoms with E-state index in [0.717, 1.165) is 22.6 Å². The largest absolute Gasteiger partial charge is 0.573 e. The Morgan fingerprint density at radius 3 is 2.31 bits per heavy atom. The normalized spacial score (nSPS) is 11.5. The number of anilines is 2. The van der Waals surface area contributed by atoms with Crippen LogP contribution >= 0.6 is 0 Å². The topological polar surface area (TPSA) is 52.0 Å². The molecule has 0 amide bonds. The molecule has 0 radical (unpaired) electrons. The van der Waals surface area contributed by atoms with Gasteiger partial charge in [0.1, 0.15) is 11.6 Å². The average Bonchev–Trinajstić information content (AvgIpc) is 2.81. The van der Waals surface area contributed by atoms with Crippen molar-refractivity contribution in [1.29, 1.82) is 0 Å². The number of rotatable bonds is 4. The monoisotopic (exact) mass is 362 g/mol. The Hall–Kier alpha value is -3.03. The molecule has 2 aromatic heterocycles. The molecule has 3 rings (SSSR count). The number of nitrogens with zero attached hydrogens (tertiary/aromatic N) is 3. The number of alkyl halides is 3. The Balaban J connectivity index is 1.81. The molecular weight excluding hydrogens is 345 g/mol. The summed E-state index contributed by atoms with van der Waals surface area (Å²) in [7, 11) is 1.87.